The van der Waals surface area contributed by atoms with Gasteiger partial charge in [0.15, 0.2) is 12.6 Å². The SMILES string of the molecule is CCCCCCCCCCCCCCC/C(O)=C(\CCCCCCCCCCCCCC)C(=O)OC[C@H]1O[C@H](O[C@H]2O[C@H](CO)[C@@H](O)[C@H](O)[C@H]2O)[C@H](O)[C@@H](O)[C@@H]1O. The number of hydrogen-bond donors (Lipinski definition) is 8. The van der Waals surface area contributed by atoms with Crippen molar-refractivity contribution >= 4 is 5.97 Å². The molecule has 0 unspecified atom stereocenters. The molecule has 10 atom stereocenters. The molecule has 0 aromatic heterocycles. The van der Waals surface area contributed by atoms with E-state index in [1.54, 1.807) is 0 Å². The molecule has 2 heterocycles. The van der Waals surface area contributed by atoms with Crippen molar-refractivity contribution in [3.63, 3.8) is 0 Å². The largest absolute Gasteiger partial charge is 0.512 e. The molecule has 2 fully saturated rings. The van der Waals surface area contributed by atoms with Crippen molar-refractivity contribution in [1.29, 1.82) is 0 Å². The predicted molar refractivity (Wildman–Crippen MR) is 218 cm³/mol. The first kappa shape index (κ1) is 51.8. The number of allylic oxidation sites excluding steroid dienone is 1. The van der Waals surface area contributed by atoms with Gasteiger partial charge in [-0.05, 0) is 19.3 Å². The summed E-state index contributed by atoms with van der Waals surface area (Å²) in [6.07, 6.45) is 13.6. The number of rotatable bonds is 33. The summed E-state index contributed by atoms with van der Waals surface area (Å²) in [5.41, 5.74) is 0.181. The molecule has 0 spiro atoms. The Hall–Kier alpha value is -1.39. The van der Waals surface area contributed by atoms with Gasteiger partial charge >= 0.3 is 5.97 Å². The molecule has 2 aliphatic heterocycles. The van der Waals surface area contributed by atoms with E-state index < -0.39 is 80.6 Å². The maximum atomic E-state index is 13.5. The highest BCUT2D eigenvalue weighted by molar-refractivity contribution is 5.88. The van der Waals surface area contributed by atoms with Crippen molar-refractivity contribution in [3.05, 3.63) is 11.3 Å². The Labute approximate surface area is 343 Å². The molecule has 336 valence electrons. The van der Waals surface area contributed by atoms with Crippen LogP contribution >= 0.6 is 0 Å². The van der Waals surface area contributed by atoms with Gasteiger partial charge in [0.05, 0.1) is 12.2 Å². The van der Waals surface area contributed by atoms with Gasteiger partial charge in [-0.3, -0.25) is 0 Å². The van der Waals surface area contributed by atoms with Gasteiger partial charge in [0, 0.05) is 6.42 Å². The number of aliphatic hydroxyl groups excluding tert-OH is 8. The van der Waals surface area contributed by atoms with E-state index in [1.165, 1.54) is 109 Å². The number of carbonyl (C=O) groups is 1. The van der Waals surface area contributed by atoms with Crippen molar-refractivity contribution in [2.24, 2.45) is 0 Å². The first-order valence-electron chi connectivity index (χ1n) is 22.8. The van der Waals surface area contributed by atoms with E-state index in [0.717, 1.165) is 44.9 Å². The Balaban J connectivity index is 1.90. The summed E-state index contributed by atoms with van der Waals surface area (Å²) in [7, 11) is 0. The standard InChI is InChI=1S/C44H82O13/c1-3-5-7-9-11-13-15-17-19-21-23-25-27-29-33(46)32(28-26-24-22-20-18-16-14-12-10-8-6-4-2)42(53)54-31-35-37(48)39(50)41(52)44(56-35)57-43-40(51)38(49)36(47)34(30-45)55-43/h34-41,43-52H,3-31H2,1-2H3/b33-32-/t34-,35-,36-,37-,38+,39+,40-,41-,43-,44-/m1/s1. The Morgan fingerprint density at radius 1 is 0.474 bits per heavy atom. The first-order chi connectivity index (χ1) is 27.6. The zero-order chi connectivity index (χ0) is 41.8. The van der Waals surface area contributed by atoms with Gasteiger partial charge in [-0.1, -0.05) is 162 Å². The second kappa shape index (κ2) is 31.5. The third-order valence-corrected chi connectivity index (χ3v) is 11.6. The molecular formula is C44H82O13. The molecule has 0 bridgehead atoms. The van der Waals surface area contributed by atoms with Gasteiger partial charge in [0.2, 0.25) is 0 Å². The van der Waals surface area contributed by atoms with Gasteiger partial charge in [-0.25, -0.2) is 4.79 Å². The van der Waals surface area contributed by atoms with Crippen LogP contribution in [0.2, 0.25) is 0 Å². The average molecular weight is 819 g/mol. The smallest absolute Gasteiger partial charge is 0.337 e. The minimum absolute atomic E-state index is 0.00413. The van der Waals surface area contributed by atoms with Gasteiger partial charge < -0.3 is 59.8 Å². The van der Waals surface area contributed by atoms with Crippen LogP contribution in [0, 0.1) is 0 Å². The van der Waals surface area contributed by atoms with Crippen LogP contribution in [0.3, 0.4) is 0 Å². The maximum Gasteiger partial charge on any atom is 0.337 e. The van der Waals surface area contributed by atoms with Crippen LogP contribution < -0.4 is 0 Å². The van der Waals surface area contributed by atoms with Crippen LogP contribution in [0.15, 0.2) is 11.3 Å². The zero-order valence-electron chi connectivity index (χ0n) is 35.4. The third-order valence-electron chi connectivity index (χ3n) is 11.6. The second-order valence-corrected chi connectivity index (χ2v) is 16.5. The van der Waals surface area contributed by atoms with Crippen LogP contribution in [0.25, 0.3) is 0 Å². The molecule has 8 N–H and O–H groups in total. The average Bonchev–Trinajstić information content (AvgIpc) is 3.20. The highest BCUT2D eigenvalue weighted by atomic mass is 16.8. The fourth-order valence-corrected chi connectivity index (χ4v) is 7.69. The molecule has 2 rings (SSSR count). The Bertz CT molecular complexity index is 1040. The molecular weight excluding hydrogens is 736 g/mol. The van der Waals surface area contributed by atoms with Crippen LogP contribution in [0.5, 0.6) is 0 Å². The fourth-order valence-electron chi connectivity index (χ4n) is 7.69. The summed E-state index contributed by atoms with van der Waals surface area (Å²) in [5, 5.41) is 83.1. The quantitative estimate of drug-likeness (QED) is 0.0153. The van der Waals surface area contributed by atoms with Crippen molar-refractivity contribution < 1.29 is 64.6 Å². The third kappa shape index (κ3) is 20.1. The summed E-state index contributed by atoms with van der Waals surface area (Å²) in [5.74, 6) is -0.761. The van der Waals surface area contributed by atoms with E-state index in [0.29, 0.717) is 19.3 Å². The van der Waals surface area contributed by atoms with Gasteiger partial charge in [0.1, 0.15) is 61.2 Å². The number of carbonyl (C=O) groups excluding carboxylic acids is 1. The number of ether oxygens (including phenoxy) is 4. The number of unbranched alkanes of at least 4 members (excludes halogenated alkanes) is 23. The van der Waals surface area contributed by atoms with E-state index in [4.69, 9.17) is 18.9 Å². The van der Waals surface area contributed by atoms with Crippen molar-refractivity contribution in [2.45, 2.75) is 249 Å². The lowest BCUT2D eigenvalue weighted by Crippen LogP contribution is -2.63. The molecule has 0 saturated carbocycles. The number of aliphatic hydroxyl groups is 8. The lowest BCUT2D eigenvalue weighted by atomic mass is 9.98. The summed E-state index contributed by atoms with van der Waals surface area (Å²) < 4.78 is 22.0. The van der Waals surface area contributed by atoms with E-state index in [1.807, 2.05) is 0 Å². The normalized spacial score (nSPS) is 28.4. The maximum absolute atomic E-state index is 13.5. The molecule has 0 aromatic carbocycles. The van der Waals surface area contributed by atoms with E-state index in [9.17, 15) is 45.6 Å². The summed E-state index contributed by atoms with van der Waals surface area (Å²) in [4.78, 5) is 13.5. The molecule has 0 radical (unpaired) electrons. The Kier molecular flexibility index (Phi) is 28.6. The summed E-state index contributed by atoms with van der Waals surface area (Å²) in [6.45, 7) is 3.21. The zero-order valence-corrected chi connectivity index (χ0v) is 35.4. The predicted octanol–water partition coefficient (Wildman–Crippen LogP) is 6.54. The minimum atomic E-state index is -1.83. The molecule has 0 amide bonds. The molecule has 57 heavy (non-hydrogen) atoms. The van der Waals surface area contributed by atoms with Crippen LogP contribution in [0.4, 0.5) is 0 Å². The van der Waals surface area contributed by atoms with E-state index in [-0.39, 0.29) is 11.3 Å². The fraction of sp³-hybridized carbons (Fsp3) is 0.932. The number of hydrogen-bond acceptors (Lipinski definition) is 13. The van der Waals surface area contributed by atoms with Gasteiger partial charge in [-0.15, -0.1) is 0 Å². The topological polar surface area (TPSA) is 216 Å². The molecule has 0 aliphatic carbocycles. The molecule has 13 heteroatoms. The lowest BCUT2D eigenvalue weighted by Gasteiger charge is -2.44. The van der Waals surface area contributed by atoms with E-state index in [2.05, 4.69) is 13.8 Å². The molecule has 2 saturated heterocycles. The van der Waals surface area contributed by atoms with Crippen molar-refractivity contribution in [3.8, 4) is 0 Å². The van der Waals surface area contributed by atoms with Gasteiger partial charge in [-0.2, -0.15) is 0 Å². The highest BCUT2D eigenvalue weighted by Gasteiger charge is 2.50. The summed E-state index contributed by atoms with van der Waals surface area (Å²) in [6, 6.07) is 0. The van der Waals surface area contributed by atoms with Crippen molar-refractivity contribution in [1.82, 2.24) is 0 Å². The molecule has 0 aromatic rings. The first-order valence-corrected chi connectivity index (χ1v) is 22.8. The monoisotopic (exact) mass is 819 g/mol. The van der Waals surface area contributed by atoms with Crippen LogP contribution in [-0.2, 0) is 23.7 Å². The minimum Gasteiger partial charge on any atom is -0.512 e. The Morgan fingerprint density at radius 2 is 0.825 bits per heavy atom. The lowest BCUT2D eigenvalue weighted by molar-refractivity contribution is -0.376. The van der Waals surface area contributed by atoms with Gasteiger partial charge in [0.25, 0.3) is 0 Å². The van der Waals surface area contributed by atoms with Crippen LogP contribution in [-0.4, -0.2) is 121 Å². The highest BCUT2D eigenvalue weighted by Crippen LogP contribution is 2.29. The number of esters is 1. The Morgan fingerprint density at radius 3 is 1.23 bits per heavy atom. The van der Waals surface area contributed by atoms with E-state index >= 15 is 0 Å². The molecule has 13 nitrogen and oxygen atoms in total. The second-order valence-electron chi connectivity index (χ2n) is 16.5. The van der Waals surface area contributed by atoms with Crippen LogP contribution in [0.1, 0.15) is 187 Å². The summed E-state index contributed by atoms with van der Waals surface area (Å²) >= 11 is 0. The molecule has 2 aliphatic rings. The van der Waals surface area contributed by atoms with Crippen molar-refractivity contribution in [2.75, 3.05) is 13.2 Å².